The average molecular weight is 157 g/mol. The van der Waals surface area contributed by atoms with Crippen LogP contribution in [-0.4, -0.2) is 18.4 Å². The van der Waals surface area contributed by atoms with Gasteiger partial charge >= 0.3 is 0 Å². The highest BCUT2D eigenvalue weighted by Gasteiger charge is 2.11. The minimum absolute atomic E-state index is 0.378. The van der Waals surface area contributed by atoms with E-state index in [-0.39, 0.29) is 6.67 Å². The molecular formula is C9H16FN. The van der Waals surface area contributed by atoms with Crippen molar-refractivity contribution in [2.24, 2.45) is 4.99 Å². The quantitative estimate of drug-likeness (QED) is 0.546. The molecule has 0 radical (unpaired) electrons. The summed E-state index contributed by atoms with van der Waals surface area (Å²) in [6, 6.07) is 0.430. The Morgan fingerprint density at radius 3 is 2.55 bits per heavy atom. The number of hydrogen-bond donors (Lipinski definition) is 0. The lowest BCUT2D eigenvalue weighted by Crippen LogP contribution is -2.12. The van der Waals surface area contributed by atoms with E-state index in [0.717, 1.165) is 12.8 Å². The largest absolute Gasteiger partial charge is 0.288 e. The first kappa shape index (κ1) is 8.69. The molecule has 0 atom stereocenters. The Morgan fingerprint density at radius 1 is 1.36 bits per heavy atom. The monoisotopic (exact) mass is 157 g/mol. The Bertz CT molecular complexity index is 136. The Kier molecular flexibility index (Phi) is 3.53. The van der Waals surface area contributed by atoms with E-state index < -0.39 is 0 Å². The fraction of sp³-hybridized carbons (Fsp3) is 0.889. The lowest BCUT2D eigenvalue weighted by atomic mass is 9.96. The van der Waals surface area contributed by atoms with Crippen LogP contribution in [0.15, 0.2) is 4.99 Å². The van der Waals surface area contributed by atoms with E-state index in [1.807, 2.05) is 0 Å². The SMILES string of the molecule is CC(CF)=NC1CCCCC1. The van der Waals surface area contributed by atoms with E-state index in [2.05, 4.69) is 4.99 Å². The van der Waals surface area contributed by atoms with Crippen LogP contribution in [0.5, 0.6) is 0 Å². The van der Waals surface area contributed by atoms with Crippen molar-refractivity contribution in [1.29, 1.82) is 0 Å². The van der Waals surface area contributed by atoms with Crippen LogP contribution in [0.25, 0.3) is 0 Å². The molecule has 64 valence electrons. The number of halogens is 1. The van der Waals surface area contributed by atoms with Crippen LogP contribution in [-0.2, 0) is 0 Å². The summed E-state index contributed by atoms with van der Waals surface area (Å²) in [5.74, 6) is 0. The molecule has 0 bridgehead atoms. The smallest absolute Gasteiger partial charge is 0.127 e. The number of rotatable bonds is 2. The van der Waals surface area contributed by atoms with Crippen molar-refractivity contribution < 1.29 is 4.39 Å². The molecule has 1 rings (SSSR count). The first-order chi connectivity index (χ1) is 5.33. The third kappa shape index (κ3) is 3.00. The Labute approximate surface area is 67.7 Å². The van der Waals surface area contributed by atoms with Crippen LogP contribution < -0.4 is 0 Å². The van der Waals surface area contributed by atoms with E-state index in [1.165, 1.54) is 19.3 Å². The van der Waals surface area contributed by atoms with Gasteiger partial charge in [-0.05, 0) is 19.8 Å². The van der Waals surface area contributed by atoms with E-state index >= 15 is 0 Å². The van der Waals surface area contributed by atoms with Gasteiger partial charge < -0.3 is 0 Å². The molecule has 0 saturated heterocycles. The van der Waals surface area contributed by atoms with E-state index in [4.69, 9.17) is 0 Å². The van der Waals surface area contributed by atoms with Gasteiger partial charge in [0.05, 0.1) is 0 Å². The highest BCUT2D eigenvalue weighted by atomic mass is 19.1. The van der Waals surface area contributed by atoms with Gasteiger partial charge in [0, 0.05) is 11.8 Å². The van der Waals surface area contributed by atoms with Gasteiger partial charge in [0.15, 0.2) is 0 Å². The zero-order valence-electron chi connectivity index (χ0n) is 7.15. The van der Waals surface area contributed by atoms with Crippen molar-refractivity contribution >= 4 is 5.71 Å². The minimum atomic E-state index is -0.378. The van der Waals surface area contributed by atoms with E-state index in [9.17, 15) is 4.39 Å². The summed E-state index contributed by atoms with van der Waals surface area (Å²) in [5.41, 5.74) is 0.664. The molecule has 1 saturated carbocycles. The number of nitrogens with zero attached hydrogens (tertiary/aromatic N) is 1. The maximum Gasteiger partial charge on any atom is 0.127 e. The van der Waals surface area contributed by atoms with Crippen molar-refractivity contribution in [1.82, 2.24) is 0 Å². The molecule has 0 amide bonds. The average Bonchev–Trinajstić information content (AvgIpc) is 2.06. The maximum atomic E-state index is 12.0. The summed E-state index contributed by atoms with van der Waals surface area (Å²) in [5, 5.41) is 0. The molecule has 2 heteroatoms. The Hall–Kier alpha value is -0.400. The molecule has 0 aromatic rings. The molecule has 11 heavy (non-hydrogen) atoms. The minimum Gasteiger partial charge on any atom is -0.288 e. The van der Waals surface area contributed by atoms with Gasteiger partial charge in [-0.3, -0.25) is 4.99 Å². The predicted molar refractivity (Wildman–Crippen MR) is 46.0 cm³/mol. The van der Waals surface area contributed by atoms with Gasteiger partial charge in [0.25, 0.3) is 0 Å². The fourth-order valence-electron chi connectivity index (χ4n) is 1.56. The van der Waals surface area contributed by atoms with Crippen molar-refractivity contribution in [3.63, 3.8) is 0 Å². The lowest BCUT2D eigenvalue weighted by molar-refractivity contribution is 0.441. The molecule has 0 N–H and O–H groups in total. The molecule has 0 aliphatic heterocycles. The second-order valence-corrected chi connectivity index (χ2v) is 3.29. The molecule has 0 aromatic carbocycles. The second-order valence-electron chi connectivity index (χ2n) is 3.29. The van der Waals surface area contributed by atoms with Crippen molar-refractivity contribution in [3.05, 3.63) is 0 Å². The zero-order valence-corrected chi connectivity index (χ0v) is 7.15. The normalized spacial score (nSPS) is 22.2. The molecule has 0 spiro atoms. The summed E-state index contributed by atoms with van der Waals surface area (Å²) < 4.78 is 12.0. The molecule has 1 nitrogen and oxygen atoms in total. The van der Waals surface area contributed by atoms with Gasteiger partial charge in [-0.2, -0.15) is 0 Å². The van der Waals surface area contributed by atoms with Crippen LogP contribution in [0.1, 0.15) is 39.0 Å². The van der Waals surface area contributed by atoms with Crippen LogP contribution in [0.3, 0.4) is 0 Å². The van der Waals surface area contributed by atoms with Crippen LogP contribution >= 0.6 is 0 Å². The highest BCUT2D eigenvalue weighted by molar-refractivity contribution is 5.83. The zero-order chi connectivity index (χ0) is 8.10. The Morgan fingerprint density at radius 2 is 2.00 bits per heavy atom. The molecule has 1 fully saturated rings. The summed E-state index contributed by atoms with van der Waals surface area (Å²) in [6.45, 7) is 1.39. The van der Waals surface area contributed by atoms with Crippen molar-refractivity contribution in [3.8, 4) is 0 Å². The summed E-state index contributed by atoms with van der Waals surface area (Å²) >= 11 is 0. The third-order valence-corrected chi connectivity index (χ3v) is 2.17. The third-order valence-electron chi connectivity index (χ3n) is 2.17. The standard InChI is InChI=1S/C9H16FN/c1-8(7-10)11-9-5-3-2-4-6-9/h9H,2-7H2,1H3. The lowest BCUT2D eigenvalue weighted by Gasteiger charge is -2.17. The molecule has 1 aliphatic carbocycles. The molecule has 1 aliphatic rings. The topological polar surface area (TPSA) is 12.4 Å². The number of aliphatic imine (C=N–C) groups is 1. The van der Waals surface area contributed by atoms with Gasteiger partial charge in [0.2, 0.25) is 0 Å². The van der Waals surface area contributed by atoms with E-state index in [1.54, 1.807) is 6.92 Å². The van der Waals surface area contributed by atoms with Crippen molar-refractivity contribution in [2.75, 3.05) is 6.67 Å². The number of hydrogen-bond acceptors (Lipinski definition) is 1. The van der Waals surface area contributed by atoms with Crippen LogP contribution in [0, 0.1) is 0 Å². The Balaban J connectivity index is 2.34. The first-order valence-corrected chi connectivity index (χ1v) is 4.42. The summed E-state index contributed by atoms with van der Waals surface area (Å²) in [4.78, 5) is 4.30. The molecule has 0 heterocycles. The number of alkyl halides is 1. The highest BCUT2D eigenvalue weighted by Crippen LogP contribution is 2.20. The van der Waals surface area contributed by atoms with Crippen LogP contribution in [0.4, 0.5) is 4.39 Å². The van der Waals surface area contributed by atoms with Gasteiger partial charge in [-0.25, -0.2) is 4.39 Å². The summed E-state index contributed by atoms with van der Waals surface area (Å²) in [7, 11) is 0. The molecular weight excluding hydrogens is 141 g/mol. The second kappa shape index (κ2) is 4.47. The van der Waals surface area contributed by atoms with Crippen LogP contribution in [0.2, 0.25) is 0 Å². The fourth-order valence-corrected chi connectivity index (χ4v) is 1.56. The first-order valence-electron chi connectivity index (χ1n) is 4.42. The van der Waals surface area contributed by atoms with Gasteiger partial charge in [-0.15, -0.1) is 0 Å². The van der Waals surface area contributed by atoms with Gasteiger partial charge in [-0.1, -0.05) is 19.3 Å². The van der Waals surface area contributed by atoms with E-state index in [0.29, 0.717) is 11.8 Å². The molecule has 0 aromatic heterocycles. The summed E-state index contributed by atoms with van der Waals surface area (Å²) in [6.07, 6.45) is 6.21. The molecule has 0 unspecified atom stereocenters. The van der Waals surface area contributed by atoms with Crippen molar-refractivity contribution in [2.45, 2.75) is 45.1 Å². The maximum absolute atomic E-state index is 12.0. The predicted octanol–water partition coefficient (Wildman–Crippen LogP) is 2.75. The van der Waals surface area contributed by atoms with Gasteiger partial charge in [0.1, 0.15) is 6.67 Å².